The summed E-state index contributed by atoms with van der Waals surface area (Å²) in [4.78, 5) is 4.07. The van der Waals surface area contributed by atoms with Gasteiger partial charge in [-0.2, -0.15) is 0 Å². The van der Waals surface area contributed by atoms with Crippen molar-refractivity contribution in [2.75, 3.05) is 17.6 Å². The van der Waals surface area contributed by atoms with E-state index < -0.39 is 0 Å². The van der Waals surface area contributed by atoms with E-state index in [1.54, 1.807) is 6.20 Å². The minimum absolute atomic E-state index is 0.432. The first-order valence-electron chi connectivity index (χ1n) is 5.81. The first kappa shape index (κ1) is 11.2. The Balaban J connectivity index is 1.93. The van der Waals surface area contributed by atoms with Gasteiger partial charge in [0.05, 0.1) is 11.9 Å². The SMILES string of the molecule is CC1(C)C(CNc2ccc(N)nc2)C1(C)C. The molecule has 3 nitrogen and oxygen atoms in total. The molecule has 0 spiro atoms. The monoisotopic (exact) mass is 219 g/mol. The van der Waals surface area contributed by atoms with Crippen LogP contribution in [0.5, 0.6) is 0 Å². The summed E-state index contributed by atoms with van der Waals surface area (Å²) < 4.78 is 0. The van der Waals surface area contributed by atoms with Crippen LogP contribution in [0.1, 0.15) is 27.7 Å². The second-order valence-corrected chi connectivity index (χ2v) is 5.85. The van der Waals surface area contributed by atoms with Crippen molar-refractivity contribution in [1.29, 1.82) is 0 Å². The van der Waals surface area contributed by atoms with Gasteiger partial charge in [0, 0.05) is 6.54 Å². The highest BCUT2D eigenvalue weighted by molar-refractivity contribution is 5.45. The molecule has 0 unspecified atom stereocenters. The summed E-state index contributed by atoms with van der Waals surface area (Å²) in [6.45, 7) is 10.3. The molecule has 1 aliphatic carbocycles. The summed E-state index contributed by atoms with van der Waals surface area (Å²) in [5, 5.41) is 3.43. The molecule has 0 bridgehead atoms. The summed E-state index contributed by atoms with van der Waals surface area (Å²) in [5.41, 5.74) is 7.45. The molecule has 1 fully saturated rings. The number of aromatic nitrogens is 1. The summed E-state index contributed by atoms with van der Waals surface area (Å²) in [6.07, 6.45) is 1.79. The van der Waals surface area contributed by atoms with Crippen LogP contribution in [0.25, 0.3) is 0 Å². The van der Waals surface area contributed by atoms with E-state index in [4.69, 9.17) is 5.73 Å². The minimum Gasteiger partial charge on any atom is -0.384 e. The first-order chi connectivity index (χ1) is 7.35. The van der Waals surface area contributed by atoms with E-state index in [0.717, 1.165) is 18.2 Å². The third-order valence-electron chi connectivity index (χ3n) is 4.62. The number of nitrogens with one attached hydrogen (secondary N) is 1. The predicted molar refractivity (Wildman–Crippen MR) is 68.2 cm³/mol. The lowest BCUT2D eigenvalue weighted by molar-refractivity contribution is 0.457. The van der Waals surface area contributed by atoms with Crippen LogP contribution in [-0.2, 0) is 0 Å². The Morgan fingerprint density at radius 2 is 1.88 bits per heavy atom. The van der Waals surface area contributed by atoms with Crippen molar-refractivity contribution in [1.82, 2.24) is 4.98 Å². The summed E-state index contributed by atoms with van der Waals surface area (Å²) in [5.74, 6) is 1.29. The van der Waals surface area contributed by atoms with Gasteiger partial charge in [-0.3, -0.25) is 0 Å². The molecule has 3 N–H and O–H groups in total. The number of hydrogen-bond donors (Lipinski definition) is 2. The van der Waals surface area contributed by atoms with Gasteiger partial charge < -0.3 is 11.1 Å². The highest BCUT2D eigenvalue weighted by Crippen LogP contribution is 2.68. The Bertz CT molecular complexity index is 365. The molecule has 1 aliphatic rings. The van der Waals surface area contributed by atoms with Crippen LogP contribution in [-0.4, -0.2) is 11.5 Å². The molecule has 16 heavy (non-hydrogen) atoms. The predicted octanol–water partition coefficient (Wildman–Crippen LogP) is 2.76. The average molecular weight is 219 g/mol. The number of rotatable bonds is 3. The van der Waals surface area contributed by atoms with Crippen LogP contribution in [0.15, 0.2) is 18.3 Å². The van der Waals surface area contributed by atoms with E-state index in [1.807, 2.05) is 12.1 Å². The molecular weight excluding hydrogens is 198 g/mol. The molecule has 0 amide bonds. The molecule has 2 rings (SSSR count). The van der Waals surface area contributed by atoms with Crippen LogP contribution in [0, 0.1) is 16.7 Å². The second-order valence-electron chi connectivity index (χ2n) is 5.85. The molecule has 0 aliphatic heterocycles. The number of nitrogens with zero attached hydrogens (tertiary/aromatic N) is 1. The van der Waals surface area contributed by atoms with Gasteiger partial charge in [-0.15, -0.1) is 0 Å². The van der Waals surface area contributed by atoms with Crippen molar-refractivity contribution in [3.8, 4) is 0 Å². The van der Waals surface area contributed by atoms with E-state index in [9.17, 15) is 0 Å². The van der Waals surface area contributed by atoms with Gasteiger partial charge in [-0.05, 0) is 28.9 Å². The van der Waals surface area contributed by atoms with Crippen LogP contribution in [0.3, 0.4) is 0 Å². The highest BCUT2D eigenvalue weighted by Gasteiger charge is 2.63. The van der Waals surface area contributed by atoms with Crippen LogP contribution < -0.4 is 11.1 Å². The molecule has 1 aromatic heterocycles. The van der Waals surface area contributed by atoms with Gasteiger partial charge in [-0.25, -0.2) is 4.98 Å². The van der Waals surface area contributed by atoms with E-state index >= 15 is 0 Å². The Labute approximate surface area is 97.5 Å². The lowest BCUT2D eigenvalue weighted by atomic mass is 10.0. The van der Waals surface area contributed by atoms with Crippen molar-refractivity contribution in [3.05, 3.63) is 18.3 Å². The topological polar surface area (TPSA) is 50.9 Å². The Hall–Kier alpha value is -1.25. The maximum atomic E-state index is 5.54. The zero-order valence-electron chi connectivity index (χ0n) is 10.5. The third kappa shape index (κ3) is 1.64. The standard InChI is InChI=1S/C13H21N3/c1-12(2)10(13(12,3)4)8-15-9-5-6-11(14)16-7-9/h5-7,10,15H,8H2,1-4H3,(H2,14,16). The quantitative estimate of drug-likeness (QED) is 0.822. The van der Waals surface area contributed by atoms with Gasteiger partial charge in [-0.1, -0.05) is 27.7 Å². The lowest BCUT2D eigenvalue weighted by Gasteiger charge is -2.07. The van der Waals surface area contributed by atoms with Crippen molar-refractivity contribution in [2.24, 2.45) is 16.7 Å². The maximum absolute atomic E-state index is 5.54. The van der Waals surface area contributed by atoms with Gasteiger partial charge in [0.25, 0.3) is 0 Å². The molecule has 0 atom stereocenters. The zero-order chi connectivity index (χ0) is 12.0. The average Bonchev–Trinajstić information content (AvgIpc) is 2.58. The Kier molecular flexibility index (Phi) is 2.37. The molecule has 0 radical (unpaired) electrons. The van der Waals surface area contributed by atoms with Crippen LogP contribution in [0.2, 0.25) is 0 Å². The van der Waals surface area contributed by atoms with E-state index in [2.05, 4.69) is 38.0 Å². The largest absolute Gasteiger partial charge is 0.384 e. The number of anilines is 2. The van der Waals surface area contributed by atoms with Crippen LogP contribution in [0.4, 0.5) is 11.5 Å². The van der Waals surface area contributed by atoms with Crippen molar-refractivity contribution in [2.45, 2.75) is 27.7 Å². The van der Waals surface area contributed by atoms with Crippen molar-refractivity contribution >= 4 is 11.5 Å². The molecule has 1 saturated carbocycles. The fourth-order valence-corrected chi connectivity index (χ4v) is 2.57. The molecule has 3 heteroatoms. The number of nitrogens with two attached hydrogens (primary N) is 1. The fraction of sp³-hybridized carbons (Fsp3) is 0.615. The molecule has 0 aromatic carbocycles. The third-order valence-corrected chi connectivity index (χ3v) is 4.62. The fourth-order valence-electron chi connectivity index (χ4n) is 2.57. The van der Waals surface area contributed by atoms with E-state index in [1.165, 1.54) is 0 Å². The minimum atomic E-state index is 0.432. The first-order valence-corrected chi connectivity index (χ1v) is 5.81. The van der Waals surface area contributed by atoms with Gasteiger partial charge in [0.1, 0.15) is 5.82 Å². The molecular formula is C13H21N3. The summed E-state index contributed by atoms with van der Waals surface area (Å²) in [6, 6.07) is 3.80. The maximum Gasteiger partial charge on any atom is 0.123 e. The highest BCUT2D eigenvalue weighted by atomic mass is 14.9. The summed E-state index contributed by atoms with van der Waals surface area (Å²) in [7, 11) is 0. The van der Waals surface area contributed by atoms with Crippen molar-refractivity contribution in [3.63, 3.8) is 0 Å². The van der Waals surface area contributed by atoms with Gasteiger partial charge >= 0.3 is 0 Å². The number of pyridine rings is 1. The summed E-state index contributed by atoms with van der Waals surface area (Å²) >= 11 is 0. The smallest absolute Gasteiger partial charge is 0.123 e. The van der Waals surface area contributed by atoms with Gasteiger partial charge in [0.2, 0.25) is 0 Å². The normalized spacial score (nSPS) is 21.8. The molecule has 1 aromatic rings. The Morgan fingerprint density at radius 1 is 1.25 bits per heavy atom. The van der Waals surface area contributed by atoms with Crippen LogP contribution >= 0.6 is 0 Å². The molecule has 0 saturated heterocycles. The van der Waals surface area contributed by atoms with E-state index in [0.29, 0.717) is 16.6 Å². The second kappa shape index (κ2) is 3.37. The Morgan fingerprint density at radius 3 is 2.31 bits per heavy atom. The molecule has 1 heterocycles. The number of nitrogen functional groups attached to an aromatic ring is 1. The van der Waals surface area contributed by atoms with Crippen molar-refractivity contribution < 1.29 is 0 Å². The van der Waals surface area contributed by atoms with Gasteiger partial charge in [0.15, 0.2) is 0 Å². The lowest BCUT2D eigenvalue weighted by Crippen LogP contribution is -2.08. The zero-order valence-corrected chi connectivity index (χ0v) is 10.5. The number of hydrogen-bond acceptors (Lipinski definition) is 3. The van der Waals surface area contributed by atoms with E-state index in [-0.39, 0.29) is 0 Å². The molecule has 88 valence electrons.